The van der Waals surface area contributed by atoms with Crippen LogP contribution >= 0.6 is 0 Å². The van der Waals surface area contributed by atoms with E-state index in [4.69, 9.17) is 4.74 Å². The first-order valence-corrected chi connectivity index (χ1v) is 5.78. The van der Waals surface area contributed by atoms with Crippen molar-refractivity contribution in [1.82, 2.24) is 0 Å². The SMILES string of the molecule is CCC(C)(C)C(=O)OC1(C)CC=CCC1. The fourth-order valence-corrected chi connectivity index (χ4v) is 1.54. The zero-order valence-electron chi connectivity index (χ0n) is 10.3. The van der Waals surface area contributed by atoms with Crippen LogP contribution in [0.25, 0.3) is 0 Å². The third-order valence-corrected chi connectivity index (χ3v) is 3.33. The zero-order chi connectivity index (χ0) is 11.5. The van der Waals surface area contributed by atoms with E-state index in [2.05, 4.69) is 12.2 Å². The monoisotopic (exact) mass is 210 g/mol. The molecule has 15 heavy (non-hydrogen) atoms. The first kappa shape index (κ1) is 12.3. The Labute approximate surface area is 92.7 Å². The van der Waals surface area contributed by atoms with Crippen molar-refractivity contribution in [2.45, 2.75) is 59.0 Å². The highest BCUT2D eigenvalue weighted by Crippen LogP contribution is 2.31. The van der Waals surface area contributed by atoms with E-state index < -0.39 is 0 Å². The first-order valence-electron chi connectivity index (χ1n) is 5.78. The van der Waals surface area contributed by atoms with E-state index in [-0.39, 0.29) is 17.0 Å². The summed E-state index contributed by atoms with van der Waals surface area (Å²) in [6, 6.07) is 0. The van der Waals surface area contributed by atoms with Gasteiger partial charge in [-0.25, -0.2) is 0 Å². The lowest BCUT2D eigenvalue weighted by Crippen LogP contribution is -2.38. The Hall–Kier alpha value is -0.790. The maximum Gasteiger partial charge on any atom is 0.312 e. The third-order valence-electron chi connectivity index (χ3n) is 3.33. The molecule has 0 saturated heterocycles. The molecule has 1 unspecified atom stereocenters. The number of carbonyl (C=O) groups is 1. The van der Waals surface area contributed by atoms with Crippen molar-refractivity contribution in [2.24, 2.45) is 5.41 Å². The fourth-order valence-electron chi connectivity index (χ4n) is 1.54. The number of esters is 1. The van der Waals surface area contributed by atoms with E-state index in [0.29, 0.717) is 0 Å². The summed E-state index contributed by atoms with van der Waals surface area (Å²) in [5.74, 6) is -0.0669. The molecule has 2 nitrogen and oxygen atoms in total. The molecule has 0 aromatic carbocycles. The maximum absolute atomic E-state index is 11.9. The maximum atomic E-state index is 11.9. The topological polar surface area (TPSA) is 26.3 Å². The summed E-state index contributed by atoms with van der Waals surface area (Å²) in [5.41, 5.74) is -0.636. The van der Waals surface area contributed by atoms with Gasteiger partial charge in [0.05, 0.1) is 5.41 Å². The predicted octanol–water partition coefficient (Wildman–Crippen LogP) is 3.46. The minimum atomic E-state index is -0.357. The second kappa shape index (κ2) is 4.38. The van der Waals surface area contributed by atoms with E-state index in [0.717, 1.165) is 25.7 Å². The lowest BCUT2D eigenvalue weighted by atomic mass is 9.88. The van der Waals surface area contributed by atoms with Crippen molar-refractivity contribution in [2.75, 3.05) is 0 Å². The summed E-state index contributed by atoms with van der Waals surface area (Å²) in [4.78, 5) is 11.9. The van der Waals surface area contributed by atoms with Crippen molar-refractivity contribution >= 4 is 5.97 Å². The molecule has 1 rings (SSSR count). The predicted molar refractivity (Wildman–Crippen MR) is 61.6 cm³/mol. The van der Waals surface area contributed by atoms with Gasteiger partial charge in [-0.3, -0.25) is 4.79 Å². The summed E-state index contributed by atoms with van der Waals surface area (Å²) >= 11 is 0. The Morgan fingerprint density at radius 3 is 2.60 bits per heavy atom. The van der Waals surface area contributed by atoms with Gasteiger partial charge in [-0.05, 0) is 40.0 Å². The Balaban J connectivity index is 2.61. The number of allylic oxidation sites excluding steroid dienone is 1. The van der Waals surface area contributed by atoms with E-state index in [1.54, 1.807) is 0 Å². The van der Waals surface area contributed by atoms with Gasteiger partial charge >= 0.3 is 5.97 Å². The van der Waals surface area contributed by atoms with Crippen molar-refractivity contribution in [3.63, 3.8) is 0 Å². The van der Waals surface area contributed by atoms with Crippen molar-refractivity contribution in [3.8, 4) is 0 Å². The Morgan fingerprint density at radius 1 is 1.47 bits per heavy atom. The van der Waals surface area contributed by atoms with Crippen LogP contribution in [0.4, 0.5) is 0 Å². The molecule has 0 heterocycles. The van der Waals surface area contributed by atoms with Crippen molar-refractivity contribution < 1.29 is 9.53 Å². The van der Waals surface area contributed by atoms with Gasteiger partial charge in [-0.15, -0.1) is 0 Å². The van der Waals surface area contributed by atoms with E-state index in [1.165, 1.54) is 0 Å². The first-order chi connectivity index (χ1) is 6.90. The summed E-state index contributed by atoms with van der Waals surface area (Å²) in [7, 11) is 0. The minimum Gasteiger partial charge on any atom is -0.459 e. The van der Waals surface area contributed by atoms with Crippen LogP contribution in [0.2, 0.25) is 0 Å². The third kappa shape index (κ3) is 3.08. The molecule has 86 valence electrons. The van der Waals surface area contributed by atoms with Gasteiger partial charge in [0, 0.05) is 6.42 Å². The molecule has 0 spiro atoms. The summed E-state index contributed by atoms with van der Waals surface area (Å²) in [5, 5.41) is 0. The lowest BCUT2D eigenvalue weighted by Gasteiger charge is -2.34. The van der Waals surface area contributed by atoms with Gasteiger partial charge < -0.3 is 4.74 Å². The molecule has 0 amide bonds. The van der Waals surface area contributed by atoms with Gasteiger partial charge in [-0.2, -0.15) is 0 Å². The number of hydrogen-bond donors (Lipinski definition) is 0. The van der Waals surface area contributed by atoms with Crippen LogP contribution in [0.5, 0.6) is 0 Å². The molecular formula is C13H22O2. The second-order valence-electron chi connectivity index (χ2n) is 5.29. The molecule has 0 saturated carbocycles. The standard InChI is InChI=1S/C13H22O2/c1-5-12(2,3)11(14)15-13(4)9-7-6-8-10-13/h6-7H,5,8-10H2,1-4H3. The number of hydrogen-bond acceptors (Lipinski definition) is 2. The average molecular weight is 210 g/mol. The molecule has 0 bridgehead atoms. The highest BCUT2D eigenvalue weighted by atomic mass is 16.6. The minimum absolute atomic E-state index is 0.0669. The number of rotatable bonds is 3. The van der Waals surface area contributed by atoms with Crippen LogP contribution < -0.4 is 0 Å². The Kier molecular flexibility index (Phi) is 3.58. The van der Waals surface area contributed by atoms with Gasteiger partial charge in [0.1, 0.15) is 5.60 Å². The number of ether oxygens (including phenoxy) is 1. The molecule has 1 aliphatic rings. The second-order valence-corrected chi connectivity index (χ2v) is 5.29. The van der Waals surface area contributed by atoms with Gasteiger partial charge in [-0.1, -0.05) is 19.1 Å². The smallest absolute Gasteiger partial charge is 0.312 e. The van der Waals surface area contributed by atoms with Gasteiger partial charge in [0.2, 0.25) is 0 Å². The van der Waals surface area contributed by atoms with Crippen LogP contribution in [-0.4, -0.2) is 11.6 Å². The van der Waals surface area contributed by atoms with Crippen molar-refractivity contribution in [3.05, 3.63) is 12.2 Å². The van der Waals surface area contributed by atoms with Crippen LogP contribution in [0.15, 0.2) is 12.2 Å². The molecule has 1 atom stereocenters. The van der Waals surface area contributed by atoms with Crippen LogP contribution in [0.1, 0.15) is 53.4 Å². The fraction of sp³-hybridized carbons (Fsp3) is 0.769. The molecule has 0 aromatic rings. The number of carbonyl (C=O) groups excluding carboxylic acids is 1. The molecular weight excluding hydrogens is 188 g/mol. The van der Waals surface area contributed by atoms with Gasteiger partial charge in [0.25, 0.3) is 0 Å². The molecule has 2 heteroatoms. The van der Waals surface area contributed by atoms with Crippen LogP contribution in [-0.2, 0) is 9.53 Å². The molecule has 0 radical (unpaired) electrons. The molecule has 0 aliphatic heterocycles. The molecule has 0 N–H and O–H groups in total. The van der Waals surface area contributed by atoms with E-state index in [9.17, 15) is 4.79 Å². The summed E-state index contributed by atoms with van der Waals surface area (Å²) in [6.45, 7) is 7.93. The van der Waals surface area contributed by atoms with Crippen molar-refractivity contribution in [1.29, 1.82) is 0 Å². The average Bonchev–Trinajstić information content (AvgIpc) is 2.18. The van der Waals surface area contributed by atoms with Crippen LogP contribution in [0, 0.1) is 5.41 Å². The van der Waals surface area contributed by atoms with E-state index in [1.807, 2.05) is 27.7 Å². The Morgan fingerprint density at radius 2 is 2.13 bits per heavy atom. The van der Waals surface area contributed by atoms with E-state index >= 15 is 0 Å². The molecule has 0 aromatic heterocycles. The lowest BCUT2D eigenvalue weighted by molar-refractivity contribution is -0.169. The summed E-state index contributed by atoms with van der Waals surface area (Å²) in [6.07, 6.45) is 7.87. The van der Waals surface area contributed by atoms with Crippen LogP contribution in [0.3, 0.4) is 0 Å². The highest BCUT2D eigenvalue weighted by molar-refractivity contribution is 5.76. The van der Waals surface area contributed by atoms with Gasteiger partial charge in [0.15, 0.2) is 0 Å². The molecule has 1 aliphatic carbocycles. The highest BCUT2D eigenvalue weighted by Gasteiger charge is 2.35. The molecule has 0 fully saturated rings. The zero-order valence-corrected chi connectivity index (χ0v) is 10.3. The Bertz CT molecular complexity index is 266. The normalized spacial score (nSPS) is 26.4. The largest absolute Gasteiger partial charge is 0.459 e. The quantitative estimate of drug-likeness (QED) is 0.526. The summed E-state index contributed by atoms with van der Waals surface area (Å²) < 4.78 is 5.64.